The van der Waals surface area contributed by atoms with Gasteiger partial charge in [0.1, 0.15) is 5.75 Å². The Morgan fingerprint density at radius 3 is 2.45 bits per heavy atom. The summed E-state index contributed by atoms with van der Waals surface area (Å²) in [7, 11) is 3.64. The van der Waals surface area contributed by atoms with Crippen LogP contribution in [0.3, 0.4) is 0 Å². The third-order valence-electron chi connectivity index (χ3n) is 6.10. The second-order valence-corrected chi connectivity index (χ2v) is 9.63. The number of carbonyl (C=O) groups excluding carboxylic acids is 2. The van der Waals surface area contributed by atoms with Crippen molar-refractivity contribution in [3.63, 3.8) is 0 Å². The number of likely N-dealkylation sites (N-methyl/N-ethyl adjacent to an activating group) is 1. The van der Waals surface area contributed by atoms with Crippen molar-refractivity contribution in [1.29, 1.82) is 0 Å². The quantitative estimate of drug-likeness (QED) is 0.194. The van der Waals surface area contributed by atoms with Crippen LogP contribution in [0.25, 0.3) is 16.9 Å². The van der Waals surface area contributed by atoms with Gasteiger partial charge in [-0.2, -0.15) is 8.78 Å². The van der Waals surface area contributed by atoms with Crippen molar-refractivity contribution >= 4 is 29.0 Å². The van der Waals surface area contributed by atoms with Crippen molar-refractivity contribution in [1.82, 2.24) is 29.9 Å². The average molecular weight is 582 g/mol. The fourth-order valence-corrected chi connectivity index (χ4v) is 4.20. The van der Waals surface area contributed by atoms with Crippen LogP contribution in [-0.4, -0.2) is 84.6 Å². The third-order valence-corrected chi connectivity index (χ3v) is 6.10. The van der Waals surface area contributed by atoms with E-state index in [9.17, 15) is 18.4 Å². The molecule has 0 radical (unpaired) electrons. The molecule has 0 unspecified atom stereocenters. The Balaban J connectivity index is 1.32. The molecule has 4 aromatic rings. The summed E-state index contributed by atoms with van der Waals surface area (Å²) in [4.78, 5) is 35.0. The zero-order valence-electron chi connectivity index (χ0n) is 23.6. The minimum absolute atomic E-state index is 0.0692. The van der Waals surface area contributed by atoms with E-state index in [1.54, 1.807) is 47.8 Å². The maximum atomic E-state index is 12.7. The van der Waals surface area contributed by atoms with Crippen LogP contribution in [0.4, 0.5) is 20.3 Å². The van der Waals surface area contributed by atoms with Gasteiger partial charge >= 0.3 is 6.61 Å². The second-order valence-electron chi connectivity index (χ2n) is 9.63. The molecular weight excluding hydrogens is 548 g/mol. The number of imidazole rings is 1. The minimum atomic E-state index is -2.89. The molecule has 2 heterocycles. The van der Waals surface area contributed by atoms with Crippen molar-refractivity contribution in [3.05, 3.63) is 72.2 Å². The molecule has 0 spiro atoms. The molecule has 13 heteroatoms. The number of benzene rings is 2. The first-order chi connectivity index (χ1) is 20.2. The van der Waals surface area contributed by atoms with Gasteiger partial charge in [0.2, 0.25) is 5.91 Å². The molecule has 0 fully saturated rings. The number of amides is 2. The van der Waals surface area contributed by atoms with Crippen molar-refractivity contribution < 1.29 is 27.8 Å². The van der Waals surface area contributed by atoms with Crippen molar-refractivity contribution in [2.45, 2.75) is 13.5 Å². The van der Waals surface area contributed by atoms with Crippen LogP contribution in [0, 0.1) is 6.92 Å². The van der Waals surface area contributed by atoms with E-state index in [2.05, 4.69) is 30.7 Å². The zero-order chi connectivity index (χ0) is 30.1. The summed E-state index contributed by atoms with van der Waals surface area (Å²) in [5.41, 5.74) is 4.11. The first kappa shape index (κ1) is 30.3. The second kappa shape index (κ2) is 14.3. The number of rotatable bonds is 14. The van der Waals surface area contributed by atoms with Gasteiger partial charge in [-0.3, -0.25) is 14.0 Å². The Bertz CT molecular complexity index is 1510. The van der Waals surface area contributed by atoms with Crippen LogP contribution >= 0.6 is 0 Å². The van der Waals surface area contributed by atoms with Gasteiger partial charge in [0.05, 0.1) is 31.6 Å². The number of carbonyl (C=O) groups is 2. The Morgan fingerprint density at radius 2 is 1.76 bits per heavy atom. The van der Waals surface area contributed by atoms with E-state index >= 15 is 0 Å². The molecule has 0 aliphatic carbocycles. The van der Waals surface area contributed by atoms with E-state index in [1.165, 1.54) is 12.1 Å². The molecule has 2 aromatic heterocycles. The van der Waals surface area contributed by atoms with E-state index in [-0.39, 0.29) is 17.6 Å². The van der Waals surface area contributed by atoms with Crippen LogP contribution < -0.4 is 20.7 Å². The predicted molar refractivity (Wildman–Crippen MR) is 154 cm³/mol. The molecule has 0 bridgehead atoms. The number of hydrogen-bond acceptors (Lipinski definition) is 8. The molecule has 222 valence electrons. The van der Waals surface area contributed by atoms with Gasteiger partial charge in [-0.25, -0.2) is 9.97 Å². The molecule has 42 heavy (non-hydrogen) atoms. The highest BCUT2D eigenvalue weighted by Gasteiger charge is 2.14. The summed E-state index contributed by atoms with van der Waals surface area (Å²) in [6.07, 6.45) is 5.06. The number of halogens is 2. The average Bonchev–Trinajstić information content (AvgIpc) is 3.37. The van der Waals surface area contributed by atoms with Gasteiger partial charge in [-0.1, -0.05) is 0 Å². The standard InChI is InChI=1S/C29H33F2N7O4/c1-19-16-21(6-9-23(19)28(40)34-12-15-41-14-11-32-25(39)18-37(2)3)36-26-27-35-17-24(38(27)13-10-33-26)20-4-7-22(8-5-20)42-29(30)31/h4-10,13,16-17,29H,11-12,14-15,18H2,1-3H3,(H,32,39)(H,33,36)(H,34,40). The number of nitrogens with one attached hydrogen (secondary N) is 3. The highest BCUT2D eigenvalue weighted by Crippen LogP contribution is 2.27. The molecule has 2 aromatic carbocycles. The Labute approximate surface area is 241 Å². The van der Waals surface area contributed by atoms with Gasteiger partial charge in [0.15, 0.2) is 11.5 Å². The SMILES string of the molecule is Cc1cc(Nc2nccn3c(-c4ccc(OC(F)F)cc4)cnc23)ccc1C(=O)NCCOCCNC(=O)CN(C)C. The molecule has 0 atom stereocenters. The maximum Gasteiger partial charge on any atom is 0.387 e. The fourth-order valence-electron chi connectivity index (χ4n) is 4.20. The normalized spacial score (nSPS) is 11.2. The topological polar surface area (TPSA) is 122 Å². The largest absolute Gasteiger partial charge is 0.435 e. The fraction of sp³-hybridized carbons (Fsp3) is 0.310. The number of alkyl halides is 2. The van der Waals surface area contributed by atoms with Crippen LogP contribution in [0.2, 0.25) is 0 Å². The van der Waals surface area contributed by atoms with E-state index in [0.717, 1.165) is 22.5 Å². The highest BCUT2D eigenvalue weighted by molar-refractivity contribution is 5.96. The molecule has 0 aliphatic rings. The van der Waals surface area contributed by atoms with E-state index in [4.69, 9.17) is 4.74 Å². The number of ether oxygens (including phenoxy) is 2. The van der Waals surface area contributed by atoms with Crippen LogP contribution in [0.15, 0.2) is 61.1 Å². The van der Waals surface area contributed by atoms with Crippen LogP contribution in [-0.2, 0) is 9.53 Å². The first-order valence-electron chi connectivity index (χ1n) is 13.2. The number of nitrogens with zero attached hydrogens (tertiary/aromatic N) is 4. The molecule has 11 nitrogen and oxygen atoms in total. The summed E-state index contributed by atoms with van der Waals surface area (Å²) < 4.78 is 36.7. The van der Waals surface area contributed by atoms with E-state index in [0.29, 0.717) is 49.9 Å². The first-order valence-corrected chi connectivity index (χ1v) is 13.2. The van der Waals surface area contributed by atoms with E-state index < -0.39 is 6.61 Å². The summed E-state index contributed by atoms with van der Waals surface area (Å²) in [5, 5.41) is 8.86. The van der Waals surface area contributed by atoms with E-state index in [1.807, 2.05) is 31.5 Å². The monoisotopic (exact) mass is 581 g/mol. The van der Waals surface area contributed by atoms with Gasteiger partial charge in [0, 0.05) is 42.3 Å². The number of anilines is 2. The molecule has 4 rings (SSSR count). The van der Waals surface area contributed by atoms with Crippen molar-refractivity contribution in [3.8, 4) is 17.0 Å². The highest BCUT2D eigenvalue weighted by atomic mass is 19.3. The summed E-state index contributed by atoms with van der Waals surface area (Å²) in [6, 6.07) is 11.7. The van der Waals surface area contributed by atoms with Gasteiger partial charge in [-0.15, -0.1) is 0 Å². The van der Waals surface area contributed by atoms with Gasteiger partial charge < -0.3 is 30.3 Å². The van der Waals surface area contributed by atoms with Crippen LogP contribution in [0.1, 0.15) is 15.9 Å². The molecule has 2 amide bonds. The van der Waals surface area contributed by atoms with Crippen molar-refractivity contribution in [2.75, 3.05) is 52.3 Å². The lowest BCUT2D eigenvalue weighted by Gasteiger charge is -2.12. The number of hydrogen-bond donors (Lipinski definition) is 3. The molecule has 0 saturated carbocycles. The Morgan fingerprint density at radius 1 is 1.02 bits per heavy atom. The summed E-state index contributed by atoms with van der Waals surface area (Å²) in [5.74, 6) is 0.295. The predicted octanol–water partition coefficient (Wildman–Crippen LogP) is 3.47. The minimum Gasteiger partial charge on any atom is -0.435 e. The van der Waals surface area contributed by atoms with Crippen LogP contribution in [0.5, 0.6) is 5.75 Å². The number of fused-ring (bicyclic) bond motifs is 1. The molecular formula is C29H33F2N7O4. The molecule has 0 saturated heterocycles. The van der Waals surface area contributed by atoms with Crippen molar-refractivity contribution in [2.24, 2.45) is 0 Å². The molecule has 0 aliphatic heterocycles. The zero-order valence-corrected chi connectivity index (χ0v) is 23.6. The lowest BCUT2D eigenvalue weighted by atomic mass is 10.1. The third kappa shape index (κ3) is 8.21. The number of aryl methyl sites for hydroxylation is 1. The Kier molecular flexibility index (Phi) is 10.3. The van der Waals surface area contributed by atoms with Gasteiger partial charge in [0.25, 0.3) is 5.91 Å². The summed E-state index contributed by atoms with van der Waals surface area (Å²) >= 11 is 0. The smallest absolute Gasteiger partial charge is 0.387 e. The number of aromatic nitrogens is 3. The molecule has 3 N–H and O–H groups in total. The maximum absolute atomic E-state index is 12.7. The lowest BCUT2D eigenvalue weighted by Crippen LogP contribution is -2.35. The lowest BCUT2D eigenvalue weighted by molar-refractivity contribution is -0.121. The Hall–Kier alpha value is -4.62. The van der Waals surface area contributed by atoms with Gasteiger partial charge in [-0.05, 0) is 69.0 Å². The summed E-state index contributed by atoms with van der Waals surface area (Å²) in [6.45, 7) is 0.697.